The third-order valence-electron chi connectivity index (χ3n) is 5.61. The second-order valence-corrected chi connectivity index (χ2v) is 8.19. The van der Waals surface area contributed by atoms with Gasteiger partial charge in [0.25, 0.3) is 0 Å². The van der Waals surface area contributed by atoms with Gasteiger partial charge in [0.1, 0.15) is 5.78 Å². The van der Waals surface area contributed by atoms with Gasteiger partial charge in [0.15, 0.2) is 0 Å². The van der Waals surface area contributed by atoms with Crippen molar-refractivity contribution in [2.75, 3.05) is 0 Å². The molecule has 1 aliphatic carbocycles. The van der Waals surface area contributed by atoms with Crippen LogP contribution in [0.15, 0.2) is 0 Å². The lowest BCUT2D eigenvalue weighted by molar-refractivity contribution is -0.133. The van der Waals surface area contributed by atoms with E-state index < -0.39 is 0 Å². The molecule has 0 aromatic carbocycles. The lowest BCUT2D eigenvalue weighted by Crippen LogP contribution is -2.52. The smallest absolute Gasteiger partial charge is 0.143 e. The van der Waals surface area contributed by atoms with E-state index in [4.69, 9.17) is 0 Å². The number of ketones is 1. The van der Waals surface area contributed by atoms with Gasteiger partial charge in [-0.05, 0) is 39.5 Å². The summed E-state index contributed by atoms with van der Waals surface area (Å²) < 4.78 is 0. The second-order valence-electron chi connectivity index (χ2n) is 8.19. The van der Waals surface area contributed by atoms with Crippen LogP contribution in [0, 0.1) is 11.3 Å². The van der Waals surface area contributed by atoms with Crippen molar-refractivity contribution in [3.63, 3.8) is 0 Å². The summed E-state index contributed by atoms with van der Waals surface area (Å²) in [5.41, 5.74) is -0.0566. The van der Waals surface area contributed by atoms with E-state index in [-0.39, 0.29) is 16.9 Å². The van der Waals surface area contributed by atoms with Crippen LogP contribution in [-0.4, -0.2) is 17.4 Å². The van der Waals surface area contributed by atoms with Gasteiger partial charge in [0.05, 0.1) is 0 Å². The second kappa shape index (κ2) is 7.76. The average molecular weight is 296 g/mol. The third kappa shape index (κ3) is 5.39. The van der Waals surface area contributed by atoms with Gasteiger partial charge < -0.3 is 5.32 Å². The van der Waals surface area contributed by atoms with Crippen molar-refractivity contribution < 1.29 is 4.79 Å². The van der Waals surface area contributed by atoms with Crippen LogP contribution in [-0.2, 0) is 4.79 Å². The largest absolute Gasteiger partial charge is 0.308 e. The fraction of sp³-hybridized carbons (Fsp3) is 0.947. The molecule has 1 aliphatic rings. The Morgan fingerprint density at radius 3 is 2.05 bits per heavy atom. The third-order valence-corrected chi connectivity index (χ3v) is 5.61. The summed E-state index contributed by atoms with van der Waals surface area (Å²) in [6.07, 6.45) is 9.34. The van der Waals surface area contributed by atoms with Crippen molar-refractivity contribution in [1.29, 1.82) is 0 Å². The van der Waals surface area contributed by atoms with Crippen molar-refractivity contribution in [2.45, 2.75) is 104 Å². The molecule has 1 fully saturated rings. The van der Waals surface area contributed by atoms with Crippen molar-refractivity contribution >= 4 is 5.78 Å². The maximum Gasteiger partial charge on any atom is 0.143 e. The predicted molar refractivity (Wildman–Crippen MR) is 91.6 cm³/mol. The molecule has 0 bridgehead atoms. The Morgan fingerprint density at radius 1 is 0.952 bits per heavy atom. The van der Waals surface area contributed by atoms with Crippen molar-refractivity contribution in [3.05, 3.63) is 0 Å². The minimum atomic E-state index is -0.180. The minimum absolute atomic E-state index is 0.124. The van der Waals surface area contributed by atoms with Crippen LogP contribution in [0.1, 0.15) is 92.9 Å². The van der Waals surface area contributed by atoms with Gasteiger partial charge in [0.2, 0.25) is 0 Å². The zero-order valence-electron chi connectivity index (χ0n) is 15.2. The van der Waals surface area contributed by atoms with Gasteiger partial charge in [-0.1, -0.05) is 53.4 Å². The number of hydrogen-bond acceptors (Lipinski definition) is 2. The molecule has 0 aliphatic heterocycles. The van der Waals surface area contributed by atoms with Gasteiger partial charge in [-0.2, -0.15) is 0 Å². The summed E-state index contributed by atoms with van der Waals surface area (Å²) in [5.74, 6) is 0.683. The molecule has 0 aromatic heterocycles. The Kier molecular flexibility index (Phi) is 6.90. The minimum Gasteiger partial charge on any atom is -0.308 e. The molecule has 0 aromatic rings. The number of carbonyl (C=O) groups excluding carboxylic acids is 1. The molecule has 2 nitrogen and oxygen atoms in total. The van der Waals surface area contributed by atoms with Crippen LogP contribution in [0.25, 0.3) is 0 Å². The number of hydrogen-bond donors (Lipinski definition) is 1. The van der Waals surface area contributed by atoms with E-state index in [1.54, 1.807) is 0 Å². The van der Waals surface area contributed by atoms with Gasteiger partial charge in [0, 0.05) is 22.9 Å². The fourth-order valence-corrected chi connectivity index (χ4v) is 3.25. The van der Waals surface area contributed by atoms with Crippen molar-refractivity contribution in [1.82, 2.24) is 5.32 Å². The van der Waals surface area contributed by atoms with E-state index in [1.807, 2.05) is 0 Å². The first kappa shape index (κ1) is 18.7. The van der Waals surface area contributed by atoms with Crippen LogP contribution in [0.3, 0.4) is 0 Å². The van der Waals surface area contributed by atoms with Crippen molar-refractivity contribution in [2.24, 2.45) is 11.3 Å². The molecule has 2 heteroatoms. The van der Waals surface area contributed by atoms with Crippen LogP contribution < -0.4 is 5.32 Å². The van der Waals surface area contributed by atoms with Gasteiger partial charge >= 0.3 is 0 Å². The topological polar surface area (TPSA) is 29.1 Å². The summed E-state index contributed by atoms with van der Waals surface area (Å²) >= 11 is 0. The predicted octanol–water partition coefficient (Wildman–Crippen LogP) is 5.11. The maximum atomic E-state index is 13.1. The Bertz CT molecular complexity index is 332. The molecule has 21 heavy (non-hydrogen) atoms. The molecule has 1 N–H and O–H groups in total. The highest BCUT2D eigenvalue weighted by Gasteiger charge is 2.38. The summed E-state index contributed by atoms with van der Waals surface area (Å²) in [7, 11) is 0. The van der Waals surface area contributed by atoms with Crippen LogP contribution in [0.4, 0.5) is 0 Å². The van der Waals surface area contributed by atoms with Gasteiger partial charge in [-0.25, -0.2) is 0 Å². The van der Waals surface area contributed by atoms with Crippen molar-refractivity contribution in [3.8, 4) is 0 Å². The van der Waals surface area contributed by atoms with E-state index in [1.165, 1.54) is 25.7 Å². The zero-order chi connectivity index (χ0) is 16.1. The quantitative estimate of drug-likeness (QED) is 0.738. The highest BCUT2D eigenvalue weighted by molar-refractivity contribution is 5.86. The van der Waals surface area contributed by atoms with E-state index >= 15 is 0 Å². The highest BCUT2D eigenvalue weighted by Crippen LogP contribution is 2.33. The zero-order valence-corrected chi connectivity index (χ0v) is 15.2. The highest BCUT2D eigenvalue weighted by atomic mass is 16.1. The number of nitrogens with one attached hydrogen (secondary N) is 1. The molecule has 1 saturated carbocycles. The Morgan fingerprint density at radius 2 is 1.52 bits per heavy atom. The summed E-state index contributed by atoms with van der Waals surface area (Å²) in [6, 6.07) is 0.360. The molecule has 124 valence electrons. The summed E-state index contributed by atoms with van der Waals surface area (Å²) in [6.45, 7) is 13.1. The van der Waals surface area contributed by atoms with E-state index in [2.05, 4.69) is 46.9 Å². The van der Waals surface area contributed by atoms with Gasteiger partial charge in [-0.15, -0.1) is 0 Å². The lowest BCUT2D eigenvalue weighted by Gasteiger charge is -2.39. The molecular formula is C19H37NO. The van der Waals surface area contributed by atoms with E-state index in [0.717, 1.165) is 25.7 Å². The SMILES string of the molecule is CCC(C)(C)NC1CCCCCCC1C(=O)C(C)(C)CC. The molecule has 0 amide bonds. The molecule has 1 rings (SSSR count). The molecular weight excluding hydrogens is 258 g/mol. The standard InChI is InChI=1S/C19H37NO/c1-7-18(3,4)17(21)15-13-11-9-10-12-14-16(15)20-19(5,6)8-2/h15-16,20H,7-14H2,1-6H3. The Labute approximate surface area is 132 Å². The number of carbonyl (C=O) groups is 1. The lowest BCUT2D eigenvalue weighted by atomic mass is 9.72. The fourth-order valence-electron chi connectivity index (χ4n) is 3.25. The molecule has 0 spiro atoms. The molecule has 2 atom stereocenters. The first-order chi connectivity index (χ1) is 9.73. The molecule has 0 heterocycles. The Balaban J connectivity index is 2.92. The molecule has 0 saturated heterocycles. The maximum absolute atomic E-state index is 13.1. The summed E-state index contributed by atoms with van der Waals surface area (Å²) in [4.78, 5) is 13.1. The monoisotopic (exact) mass is 295 g/mol. The first-order valence-corrected chi connectivity index (χ1v) is 9.05. The Hall–Kier alpha value is -0.370. The average Bonchev–Trinajstić information content (AvgIpc) is 2.41. The van der Waals surface area contributed by atoms with Crippen LogP contribution in [0.5, 0.6) is 0 Å². The number of Topliss-reactive ketones (excluding diaryl/α,β-unsaturated/α-hetero) is 1. The van der Waals surface area contributed by atoms with E-state index in [9.17, 15) is 4.79 Å². The summed E-state index contributed by atoms with van der Waals surface area (Å²) in [5, 5.41) is 3.82. The number of rotatable bonds is 6. The first-order valence-electron chi connectivity index (χ1n) is 9.05. The van der Waals surface area contributed by atoms with Gasteiger partial charge in [-0.3, -0.25) is 4.79 Å². The molecule has 2 unspecified atom stereocenters. The van der Waals surface area contributed by atoms with Crippen LogP contribution >= 0.6 is 0 Å². The normalized spacial score (nSPS) is 25.2. The molecule has 0 radical (unpaired) electrons. The van der Waals surface area contributed by atoms with E-state index in [0.29, 0.717) is 11.8 Å². The van der Waals surface area contributed by atoms with Crippen LogP contribution in [0.2, 0.25) is 0 Å².